The first-order valence-corrected chi connectivity index (χ1v) is 8.39. The molecule has 0 saturated carbocycles. The molecule has 0 aromatic heterocycles. The number of nitrogens with zero attached hydrogens (tertiary/aromatic N) is 1. The molecule has 2 heteroatoms. The summed E-state index contributed by atoms with van der Waals surface area (Å²) >= 11 is 0. The molecule has 2 aromatic rings. The highest BCUT2D eigenvalue weighted by atomic mass is 15.1. The van der Waals surface area contributed by atoms with Gasteiger partial charge in [-0.05, 0) is 36.5 Å². The van der Waals surface area contributed by atoms with E-state index in [0.29, 0.717) is 12.0 Å². The Labute approximate surface area is 134 Å². The van der Waals surface area contributed by atoms with Crippen LogP contribution in [0.3, 0.4) is 0 Å². The van der Waals surface area contributed by atoms with Crippen LogP contribution in [-0.4, -0.2) is 30.6 Å². The molecule has 1 aliphatic rings. The third-order valence-corrected chi connectivity index (χ3v) is 4.67. The number of likely N-dealkylation sites (tertiary alicyclic amines) is 1. The molecule has 2 atom stereocenters. The Balaban J connectivity index is 1.47. The molecule has 2 aromatic carbocycles. The van der Waals surface area contributed by atoms with Gasteiger partial charge in [-0.2, -0.15) is 0 Å². The maximum absolute atomic E-state index is 3.70. The molecule has 1 heterocycles. The van der Waals surface area contributed by atoms with Gasteiger partial charge in [-0.1, -0.05) is 55.5 Å². The van der Waals surface area contributed by atoms with Crippen LogP contribution in [0.1, 0.15) is 18.9 Å². The number of benzene rings is 2. The van der Waals surface area contributed by atoms with Gasteiger partial charge in [0.05, 0.1) is 0 Å². The van der Waals surface area contributed by atoms with Crippen LogP contribution < -0.4 is 5.32 Å². The van der Waals surface area contributed by atoms with Crippen LogP contribution >= 0.6 is 0 Å². The third kappa shape index (κ3) is 4.11. The van der Waals surface area contributed by atoms with E-state index in [2.05, 4.69) is 77.8 Å². The summed E-state index contributed by atoms with van der Waals surface area (Å²) in [7, 11) is 0. The molecule has 0 aliphatic carbocycles. The minimum atomic E-state index is 0.593. The van der Waals surface area contributed by atoms with Crippen molar-refractivity contribution in [2.75, 3.05) is 25.0 Å². The largest absolute Gasteiger partial charge is 0.382 e. The second kappa shape index (κ2) is 7.46. The molecule has 3 rings (SSSR count). The van der Waals surface area contributed by atoms with E-state index < -0.39 is 0 Å². The van der Waals surface area contributed by atoms with Crippen LogP contribution in [0.25, 0.3) is 0 Å². The van der Waals surface area contributed by atoms with Crippen molar-refractivity contribution in [3.63, 3.8) is 0 Å². The van der Waals surface area contributed by atoms with Crippen molar-refractivity contribution in [3.8, 4) is 0 Å². The van der Waals surface area contributed by atoms with Crippen molar-refractivity contribution < 1.29 is 0 Å². The number of para-hydroxylation sites is 1. The summed E-state index contributed by atoms with van der Waals surface area (Å²) in [6, 6.07) is 22.0. The fraction of sp³-hybridized carbons (Fsp3) is 0.400. The maximum atomic E-state index is 3.70. The number of nitrogens with one attached hydrogen (secondary N) is 1. The summed E-state index contributed by atoms with van der Waals surface area (Å²) in [5.41, 5.74) is 2.69. The van der Waals surface area contributed by atoms with Gasteiger partial charge < -0.3 is 10.2 Å². The zero-order chi connectivity index (χ0) is 15.2. The van der Waals surface area contributed by atoms with E-state index in [9.17, 15) is 0 Å². The molecule has 2 nitrogen and oxygen atoms in total. The predicted molar refractivity (Wildman–Crippen MR) is 94.2 cm³/mol. The molecule has 116 valence electrons. The van der Waals surface area contributed by atoms with E-state index in [-0.39, 0.29) is 0 Å². The van der Waals surface area contributed by atoms with Crippen LogP contribution in [0, 0.1) is 5.92 Å². The normalized spacial score (nSPS) is 22.4. The van der Waals surface area contributed by atoms with Gasteiger partial charge in [0.15, 0.2) is 0 Å². The summed E-state index contributed by atoms with van der Waals surface area (Å²) in [6.45, 7) is 5.93. The number of piperidine rings is 1. The molecule has 0 radical (unpaired) electrons. The quantitative estimate of drug-likeness (QED) is 0.895. The smallest absolute Gasteiger partial charge is 0.0342 e. The van der Waals surface area contributed by atoms with Crippen molar-refractivity contribution in [1.29, 1.82) is 0 Å². The Morgan fingerprint density at radius 1 is 1.00 bits per heavy atom. The molecule has 1 saturated heterocycles. The van der Waals surface area contributed by atoms with Gasteiger partial charge in [-0.25, -0.2) is 0 Å². The van der Waals surface area contributed by atoms with Crippen LogP contribution in [-0.2, 0) is 6.42 Å². The van der Waals surface area contributed by atoms with Gasteiger partial charge in [0.25, 0.3) is 0 Å². The Bertz CT molecular complexity index is 552. The molecule has 2 unspecified atom stereocenters. The van der Waals surface area contributed by atoms with Crippen LogP contribution in [0.5, 0.6) is 0 Å². The molecular weight excluding hydrogens is 268 g/mol. The molecule has 0 amide bonds. The lowest BCUT2D eigenvalue weighted by molar-refractivity contribution is 0.173. The number of hydrogen-bond donors (Lipinski definition) is 1. The van der Waals surface area contributed by atoms with Crippen molar-refractivity contribution in [2.45, 2.75) is 25.8 Å². The van der Waals surface area contributed by atoms with Gasteiger partial charge in [0, 0.05) is 31.4 Å². The summed E-state index contributed by atoms with van der Waals surface area (Å²) in [5, 5.41) is 3.70. The first-order valence-electron chi connectivity index (χ1n) is 8.39. The predicted octanol–water partition coefficient (Wildman–Crippen LogP) is 4.05. The number of hydrogen-bond acceptors (Lipinski definition) is 2. The Hall–Kier alpha value is -1.80. The average molecular weight is 294 g/mol. The van der Waals surface area contributed by atoms with Gasteiger partial charge >= 0.3 is 0 Å². The highest BCUT2D eigenvalue weighted by Gasteiger charge is 2.25. The van der Waals surface area contributed by atoms with Crippen molar-refractivity contribution in [1.82, 2.24) is 4.90 Å². The molecule has 0 spiro atoms. The summed E-state index contributed by atoms with van der Waals surface area (Å²) in [4.78, 5) is 2.61. The van der Waals surface area contributed by atoms with Gasteiger partial charge in [0.2, 0.25) is 0 Å². The molecule has 1 aliphatic heterocycles. The number of rotatable bonds is 5. The van der Waals surface area contributed by atoms with E-state index in [1.807, 2.05) is 0 Å². The monoisotopic (exact) mass is 294 g/mol. The first-order chi connectivity index (χ1) is 10.8. The van der Waals surface area contributed by atoms with Crippen LogP contribution in [0.4, 0.5) is 5.69 Å². The highest BCUT2D eigenvalue weighted by Crippen LogP contribution is 2.21. The van der Waals surface area contributed by atoms with Crippen molar-refractivity contribution >= 4 is 5.69 Å². The fourth-order valence-corrected chi connectivity index (χ4v) is 3.33. The van der Waals surface area contributed by atoms with E-state index >= 15 is 0 Å². The fourth-order valence-electron chi connectivity index (χ4n) is 3.33. The Morgan fingerprint density at radius 2 is 1.68 bits per heavy atom. The van der Waals surface area contributed by atoms with Crippen molar-refractivity contribution in [3.05, 3.63) is 66.2 Å². The van der Waals surface area contributed by atoms with Crippen molar-refractivity contribution in [2.24, 2.45) is 5.92 Å². The van der Waals surface area contributed by atoms with E-state index in [1.165, 1.54) is 37.3 Å². The SMILES string of the molecule is CC1CN(CCc2ccccc2)CCC1Nc1ccccc1. The molecule has 1 fully saturated rings. The van der Waals surface area contributed by atoms with E-state index in [1.54, 1.807) is 0 Å². The summed E-state index contributed by atoms with van der Waals surface area (Å²) < 4.78 is 0. The molecule has 22 heavy (non-hydrogen) atoms. The van der Waals surface area contributed by atoms with Gasteiger partial charge in [-0.3, -0.25) is 0 Å². The Kier molecular flexibility index (Phi) is 5.12. The molecule has 0 bridgehead atoms. The lowest BCUT2D eigenvalue weighted by Gasteiger charge is -2.37. The Morgan fingerprint density at radius 3 is 2.36 bits per heavy atom. The topological polar surface area (TPSA) is 15.3 Å². The molecule has 1 N–H and O–H groups in total. The van der Waals surface area contributed by atoms with Gasteiger partial charge in [0.1, 0.15) is 0 Å². The highest BCUT2D eigenvalue weighted by molar-refractivity contribution is 5.43. The third-order valence-electron chi connectivity index (χ3n) is 4.67. The van der Waals surface area contributed by atoms with E-state index in [4.69, 9.17) is 0 Å². The first kappa shape index (κ1) is 15.1. The average Bonchev–Trinajstić information content (AvgIpc) is 2.57. The summed E-state index contributed by atoms with van der Waals surface area (Å²) in [6.07, 6.45) is 2.38. The van der Waals surface area contributed by atoms with Gasteiger partial charge in [-0.15, -0.1) is 0 Å². The summed E-state index contributed by atoms with van der Waals surface area (Å²) in [5.74, 6) is 0.685. The zero-order valence-electron chi connectivity index (χ0n) is 13.4. The minimum absolute atomic E-state index is 0.593. The minimum Gasteiger partial charge on any atom is -0.382 e. The standard InChI is InChI=1S/C20H26N2/c1-17-16-22(14-12-18-8-4-2-5-9-18)15-13-20(17)21-19-10-6-3-7-11-19/h2-11,17,20-21H,12-16H2,1H3. The van der Waals surface area contributed by atoms with Crippen LogP contribution in [0.15, 0.2) is 60.7 Å². The lowest BCUT2D eigenvalue weighted by atomic mass is 9.93. The molecular formula is C20H26N2. The van der Waals surface area contributed by atoms with Crippen LogP contribution in [0.2, 0.25) is 0 Å². The zero-order valence-corrected chi connectivity index (χ0v) is 13.4. The second-order valence-electron chi connectivity index (χ2n) is 6.42. The maximum Gasteiger partial charge on any atom is 0.0342 e. The number of anilines is 1. The second-order valence-corrected chi connectivity index (χ2v) is 6.42. The van der Waals surface area contributed by atoms with E-state index in [0.717, 1.165) is 6.42 Å². The lowest BCUT2D eigenvalue weighted by Crippen LogP contribution is -2.45.